The van der Waals surface area contributed by atoms with Crippen LogP contribution in [-0.4, -0.2) is 19.5 Å². The summed E-state index contributed by atoms with van der Waals surface area (Å²) < 4.78 is 0. The SMILES string of the molecule is CN=CC(C=O)=C(N)c1ccccc1. The van der Waals surface area contributed by atoms with Gasteiger partial charge in [0.1, 0.15) is 0 Å². The van der Waals surface area contributed by atoms with Crippen molar-refractivity contribution in [2.75, 3.05) is 7.05 Å². The van der Waals surface area contributed by atoms with E-state index in [0.29, 0.717) is 17.6 Å². The Kier molecular flexibility index (Phi) is 3.61. The Morgan fingerprint density at radius 1 is 1.36 bits per heavy atom. The summed E-state index contributed by atoms with van der Waals surface area (Å²) in [6.45, 7) is 0. The molecule has 0 radical (unpaired) electrons. The third kappa shape index (κ3) is 2.29. The Bertz CT molecular complexity index is 366. The molecule has 0 saturated carbocycles. The minimum atomic E-state index is 0.402. The zero-order chi connectivity index (χ0) is 10.4. The summed E-state index contributed by atoms with van der Waals surface area (Å²) in [5.41, 5.74) is 7.47. The molecule has 0 atom stereocenters. The molecule has 1 rings (SSSR count). The average Bonchev–Trinajstić information content (AvgIpc) is 2.26. The van der Waals surface area contributed by atoms with Gasteiger partial charge in [-0.3, -0.25) is 9.79 Å². The normalized spacial score (nSPS) is 12.6. The number of benzene rings is 1. The quantitative estimate of drug-likeness (QED) is 0.441. The fourth-order valence-corrected chi connectivity index (χ4v) is 1.09. The Balaban J connectivity index is 3.14. The minimum Gasteiger partial charge on any atom is -0.398 e. The molecule has 0 saturated heterocycles. The lowest BCUT2D eigenvalue weighted by Gasteiger charge is -2.02. The average molecular weight is 188 g/mol. The molecule has 14 heavy (non-hydrogen) atoms. The predicted octanol–water partition coefficient (Wildman–Crippen LogP) is 1.26. The van der Waals surface area contributed by atoms with Crippen LogP contribution in [0.3, 0.4) is 0 Å². The first-order valence-corrected chi connectivity index (χ1v) is 4.22. The van der Waals surface area contributed by atoms with E-state index in [-0.39, 0.29) is 0 Å². The van der Waals surface area contributed by atoms with E-state index in [0.717, 1.165) is 5.56 Å². The van der Waals surface area contributed by atoms with Gasteiger partial charge in [-0.2, -0.15) is 0 Å². The molecule has 0 amide bonds. The summed E-state index contributed by atoms with van der Waals surface area (Å²) >= 11 is 0. The van der Waals surface area contributed by atoms with E-state index in [4.69, 9.17) is 5.73 Å². The van der Waals surface area contributed by atoms with E-state index in [9.17, 15) is 4.79 Å². The molecule has 3 nitrogen and oxygen atoms in total. The van der Waals surface area contributed by atoms with Crippen molar-refractivity contribution in [3.05, 3.63) is 41.5 Å². The standard InChI is InChI=1S/C11H12N2O/c1-13-7-10(8-14)11(12)9-5-3-2-4-6-9/h2-8H,12H2,1H3. The molecule has 0 aromatic heterocycles. The molecule has 0 spiro atoms. The summed E-state index contributed by atoms with van der Waals surface area (Å²) in [5, 5.41) is 0. The zero-order valence-corrected chi connectivity index (χ0v) is 7.97. The molecule has 0 aliphatic rings. The maximum Gasteiger partial charge on any atom is 0.153 e. The second-order valence-electron chi connectivity index (χ2n) is 2.74. The molecular weight excluding hydrogens is 176 g/mol. The van der Waals surface area contributed by atoms with Crippen molar-refractivity contribution in [2.45, 2.75) is 0 Å². The smallest absolute Gasteiger partial charge is 0.153 e. The van der Waals surface area contributed by atoms with Crippen LogP contribution < -0.4 is 5.73 Å². The Labute approximate surface area is 83.0 Å². The fourth-order valence-electron chi connectivity index (χ4n) is 1.09. The van der Waals surface area contributed by atoms with Crippen LogP contribution in [0.25, 0.3) is 5.70 Å². The molecule has 3 heteroatoms. The highest BCUT2D eigenvalue weighted by Crippen LogP contribution is 2.10. The number of nitrogens with two attached hydrogens (primary N) is 1. The number of hydrogen-bond acceptors (Lipinski definition) is 3. The molecule has 1 aromatic rings. The van der Waals surface area contributed by atoms with Crippen molar-refractivity contribution >= 4 is 18.2 Å². The number of allylic oxidation sites excluding steroid dienone is 1. The lowest BCUT2D eigenvalue weighted by atomic mass is 10.1. The van der Waals surface area contributed by atoms with Gasteiger partial charge in [0, 0.05) is 13.3 Å². The van der Waals surface area contributed by atoms with Crippen molar-refractivity contribution in [1.29, 1.82) is 0 Å². The molecule has 0 aliphatic carbocycles. The fraction of sp³-hybridized carbons (Fsp3) is 0.0909. The maximum atomic E-state index is 10.7. The molecule has 0 heterocycles. The largest absolute Gasteiger partial charge is 0.398 e. The van der Waals surface area contributed by atoms with Gasteiger partial charge in [0.05, 0.1) is 11.3 Å². The summed E-state index contributed by atoms with van der Waals surface area (Å²) in [6.07, 6.45) is 2.16. The van der Waals surface area contributed by atoms with Gasteiger partial charge in [0.15, 0.2) is 6.29 Å². The molecule has 2 N–H and O–H groups in total. The molecule has 0 unspecified atom stereocenters. The first-order chi connectivity index (χ1) is 6.79. The number of rotatable bonds is 3. The highest BCUT2D eigenvalue weighted by atomic mass is 16.1. The van der Waals surface area contributed by atoms with E-state index in [1.165, 1.54) is 6.21 Å². The van der Waals surface area contributed by atoms with Gasteiger partial charge in [-0.25, -0.2) is 0 Å². The first-order valence-electron chi connectivity index (χ1n) is 4.22. The van der Waals surface area contributed by atoms with Gasteiger partial charge in [0.25, 0.3) is 0 Å². The third-order valence-corrected chi connectivity index (χ3v) is 1.79. The minimum absolute atomic E-state index is 0.402. The number of carbonyl (C=O) groups excluding carboxylic acids is 1. The number of aldehydes is 1. The molecule has 0 bridgehead atoms. The highest BCUT2D eigenvalue weighted by molar-refractivity contribution is 6.09. The van der Waals surface area contributed by atoms with E-state index in [1.54, 1.807) is 7.05 Å². The summed E-state index contributed by atoms with van der Waals surface area (Å²) in [5.74, 6) is 0. The maximum absolute atomic E-state index is 10.7. The zero-order valence-electron chi connectivity index (χ0n) is 7.97. The van der Waals surface area contributed by atoms with Crippen molar-refractivity contribution < 1.29 is 4.79 Å². The number of aliphatic imine (C=N–C) groups is 1. The lowest BCUT2D eigenvalue weighted by molar-refractivity contribution is -0.104. The van der Waals surface area contributed by atoms with Crippen LogP contribution in [0.4, 0.5) is 0 Å². The van der Waals surface area contributed by atoms with Gasteiger partial charge in [-0.1, -0.05) is 30.3 Å². The van der Waals surface area contributed by atoms with Crippen LogP contribution >= 0.6 is 0 Å². The van der Waals surface area contributed by atoms with Crippen LogP contribution in [0.5, 0.6) is 0 Å². The molecule has 72 valence electrons. The van der Waals surface area contributed by atoms with Gasteiger partial charge >= 0.3 is 0 Å². The highest BCUT2D eigenvalue weighted by Gasteiger charge is 2.01. The van der Waals surface area contributed by atoms with Gasteiger partial charge < -0.3 is 5.73 Å². The van der Waals surface area contributed by atoms with Gasteiger partial charge in [0.2, 0.25) is 0 Å². The molecule has 1 aromatic carbocycles. The Morgan fingerprint density at radius 2 is 2.00 bits per heavy atom. The van der Waals surface area contributed by atoms with E-state index in [2.05, 4.69) is 4.99 Å². The van der Waals surface area contributed by atoms with Crippen molar-refractivity contribution in [3.63, 3.8) is 0 Å². The van der Waals surface area contributed by atoms with Gasteiger partial charge in [-0.15, -0.1) is 0 Å². The summed E-state index contributed by atoms with van der Waals surface area (Å²) in [4.78, 5) is 14.4. The number of carbonyl (C=O) groups is 1. The number of nitrogens with zero attached hydrogens (tertiary/aromatic N) is 1. The molecular formula is C11H12N2O. The second-order valence-corrected chi connectivity index (χ2v) is 2.74. The second kappa shape index (κ2) is 4.97. The monoisotopic (exact) mass is 188 g/mol. The molecule has 0 fully saturated rings. The van der Waals surface area contributed by atoms with E-state index >= 15 is 0 Å². The van der Waals surface area contributed by atoms with E-state index in [1.807, 2.05) is 30.3 Å². The Hall–Kier alpha value is -1.90. The van der Waals surface area contributed by atoms with Crippen LogP contribution in [0, 0.1) is 0 Å². The number of hydrogen-bond donors (Lipinski definition) is 1. The topological polar surface area (TPSA) is 55.5 Å². The van der Waals surface area contributed by atoms with Crippen LogP contribution in [0.15, 0.2) is 40.9 Å². The van der Waals surface area contributed by atoms with Crippen LogP contribution in [0.2, 0.25) is 0 Å². The van der Waals surface area contributed by atoms with Crippen molar-refractivity contribution in [3.8, 4) is 0 Å². The third-order valence-electron chi connectivity index (χ3n) is 1.79. The summed E-state index contributed by atoms with van der Waals surface area (Å²) in [7, 11) is 1.60. The lowest BCUT2D eigenvalue weighted by Crippen LogP contribution is -2.03. The first kappa shape index (κ1) is 10.2. The molecule has 0 aliphatic heterocycles. The predicted molar refractivity (Wildman–Crippen MR) is 58.0 cm³/mol. The van der Waals surface area contributed by atoms with E-state index < -0.39 is 0 Å². The van der Waals surface area contributed by atoms with Crippen molar-refractivity contribution in [2.24, 2.45) is 10.7 Å². The summed E-state index contributed by atoms with van der Waals surface area (Å²) in [6, 6.07) is 9.33. The van der Waals surface area contributed by atoms with Gasteiger partial charge in [-0.05, 0) is 5.56 Å². The van der Waals surface area contributed by atoms with Crippen LogP contribution in [-0.2, 0) is 4.79 Å². The van der Waals surface area contributed by atoms with Crippen LogP contribution in [0.1, 0.15) is 5.56 Å². The Morgan fingerprint density at radius 3 is 2.50 bits per heavy atom. The van der Waals surface area contributed by atoms with Crippen molar-refractivity contribution in [1.82, 2.24) is 0 Å².